The van der Waals surface area contributed by atoms with Gasteiger partial charge in [0.15, 0.2) is 6.10 Å². The number of epoxide rings is 1. The van der Waals surface area contributed by atoms with Crippen molar-refractivity contribution in [1.82, 2.24) is 0 Å². The van der Waals surface area contributed by atoms with Gasteiger partial charge in [-0.2, -0.15) is 0 Å². The third-order valence-electron chi connectivity index (χ3n) is 6.24. The molecule has 2 atom stereocenters. The number of allylic oxidation sites excluding steroid dienone is 2. The molecule has 1 amide bonds. The molecule has 1 heterocycles. The Morgan fingerprint density at radius 1 is 1.32 bits per heavy atom. The van der Waals surface area contributed by atoms with E-state index in [1.807, 2.05) is 13.8 Å². The van der Waals surface area contributed by atoms with E-state index in [9.17, 15) is 14.7 Å². The highest BCUT2D eigenvalue weighted by Crippen LogP contribution is 2.51. The number of ether oxygens (including phenoxy) is 1. The highest BCUT2D eigenvalue weighted by molar-refractivity contribution is 6.00. The Morgan fingerprint density at radius 3 is 2.61 bits per heavy atom. The molecule has 5 heteroatoms. The third kappa shape index (κ3) is 3.39. The number of hydrogen-bond acceptors (Lipinski definition) is 3. The molecule has 1 spiro atoms. The number of carbonyl (C=O) groups excluding carboxylic acids is 1. The Kier molecular flexibility index (Phi) is 5.24. The molecule has 5 nitrogen and oxygen atoms in total. The number of carbonyl (C=O) groups is 2. The van der Waals surface area contributed by atoms with Crippen molar-refractivity contribution < 1.29 is 19.4 Å². The standard InChI is InChI=1S/C23H29NO4/c1-6-22(4,5)17-11-12-23(15(3)13-17)19(28-23)20(25)24(7-2)18-10-8-9-16(14-18)21(26)27/h8-11,13-14,19H,6-7,12H2,1-5H3,(H,26,27). The van der Waals surface area contributed by atoms with Crippen molar-refractivity contribution in [1.29, 1.82) is 0 Å². The van der Waals surface area contributed by atoms with Gasteiger partial charge in [-0.3, -0.25) is 4.79 Å². The van der Waals surface area contributed by atoms with Crippen LogP contribution in [-0.4, -0.2) is 35.2 Å². The molecular weight excluding hydrogens is 354 g/mol. The van der Waals surface area contributed by atoms with Gasteiger partial charge in [0, 0.05) is 18.7 Å². The van der Waals surface area contributed by atoms with Gasteiger partial charge in [0.2, 0.25) is 0 Å². The molecule has 2 unspecified atom stereocenters. The second kappa shape index (κ2) is 7.21. The molecule has 1 fully saturated rings. The van der Waals surface area contributed by atoms with Crippen LogP contribution in [0.4, 0.5) is 5.69 Å². The normalized spacial score (nSPS) is 23.8. The van der Waals surface area contributed by atoms with E-state index in [0.29, 0.717) is 18.7 Å². The molecule has 28 heavy (non-hydrogen) atoms. The maximum atomic E-state index is 13.2. The number of likely N-dealkylation sites (N-methyl/N-ethyl adjacent to an activating group) is 1. The topological polar surface area (TPSA) is 70.1 Å². The van der Waals surface area contributed by atoms with Crippen LogP contribution < -0.4 is 4.90 Å². The first-order valence-corrected chi connectivity index (χ1v) is 9.88. The van der Waals surface area contributed by atoms with E-state index in [2.05, 4.69) is 32.9 Å². The van der Waals surface area contributed by atoms with Crippen molar-refractivity contribution in [3.05, 3.63) is 53.1 Å². The Hall–Kier alpha value is -2.40. The zero-order valence-electron chi connectivity index (χ0n) is 17.3. The molecule has 0 aromatic heterocycles. The van der Waals surface area contributed by atoms with E-state index >= 15 is 0 Å². The van der Waals surface area contributed by atoms with E-state index in [1.165, 1.54) is 17.7 Å². The highest BCUT2D eigenvalue weighted by Gasteiger charge is 2.62. The first-order chi connectivity index (χ1) is 13.2. The predicted molar refractivity (Wildman–Crippen MR) is 110 cm³/mol. The smallest absolute Gasteiger partial charge is 0.335 e. The minimum absolute atomic E-state index is 0.101. The van der Waals surface area contributed by atoms with Gasteiger partial charge in [-0.25, -0.2) is 4.79 Å². The van der Waals surface area contributed by atoms with Gasteiger partial charge in [-0.1, -0.05) is 39.0 Å². The molecule has 3 rings (SSSR count). The lowest BCUT2D eigenvalue weighted by Crippen LogP contribution is -2.38. The number of rotatable bonds is 6. The maximum absolute atomic E-state index is 13.2. The van der Waals surface area contributed by atoms with E-state index in [4.69, 9.17) is 4.74 Å². The number of carboxylic acid groups (broad SMARTS) is 1. The summed E-state index contributed by atoms with van der Waals surface area (Å²) in [4.78, 5) is 26.0. The molecule has 1 aromatic rings. The van der Waals surface area contributed by atoms with Crippen LogP contribution in [0, 0.1) is 5.41 Å². The number of nitrogens with zero attached hydrogens (tertiary/aromatic N) is 1. The van der Waals surface area contributed by atoms with E-state index in [-0.39, 0.29) is 16.9 Å². The fourth-order valence-electron chi connectivity index (χ4n) is 3.81. The first kappa shape index (κ1) is 20.3. The van der Waals surface area contributed by atoms with Gasteiger partial charge in [0.05, 0.1) is 5.56 Å². The Bertz CT molecular complexity index is 867. The SMILES string of the molecule is CCN(C(=O)C1OC12CC=C(C(C)(C)CC)C=C2C)c1cccc(C(=O)O)c1. The van der Waals surface area contributed by atoms with E-state index in [0.717, 1.165) is 12.0 Å². The zero-order valence-corrected chi connectivity index (χ0v) is 17.3. The van der Waals surface area contributed by atoms with Gasteiger partial charge in [0.1, 0.15) is 5.60 Å². The average Bonchev–Trinajstić information content (AvgIpc) is 3.40. The number of hydrogen-bond donors (Lipinski definition) is 1. The average molecular weight is 383 g/mol. The van der Waals surface area contributed by atoms with Gasteiger partial charge in [0.25, 0.3) is 5.91 Å². The zero-order chi connectivity index (χ0) is 20.7. The number of aromatic carboxylic acids is 1. The molecule has 150 valence electrons. The molecule has 1 aliphatic carbocycles. The fourth-order valence-corrected chi connectivity index (χ4v) is 3.81. The molecule has 1 aromatic carbocycles. The van der Waals surface area contributed by atoms with Crippen molar-refractivity contribution >= 4 is 17.6 Å². The van der Waals surface area contributed by atoms with Crippen LogP contribution >= 0.6 is 0 Å². The van der Waals surface area contributed by atoms with Crippen LogP contribution in [0.5, 0.6) is 0 Å². The Morgan fingerprint density at radius 2 is 2.04 bits per heavy atom. The summed E-state index contributed by atoms with van der Waals surface area (Å²) < 4.78 is 5.98. The van der Waals surface area contributed by atoms with Crippen molar-refractivity contribution in [3.63, 3.8) is 0 Å². The molecule has 0 bridgehead atoms. The lowest BCUT2D eigenvalue weighted by Gasteiger charge is -2.29. The minimum Gasteiger partial charge on any atom is -0.478 e. The molecule has 2 aliphatic rings. The summed E-state index contributed by atoms with van der Waals surface area (Å²) in [5, 5.41) is 9.23. The fraction of sp³-hybridized carbons (Fsp3) is 0.478. The summed E-state index contributed by atoms with van der Waals surface area (Å²) in [6.45, 7) is 11.0. The van der Waals surface area contributed by atoms with Crippen molar-refractivity contribution in [3.8, 4) is 0 Å². The van der Waals surface area contributed by atoms with Crippen LogP contribution in [0.2, 0.25) is 0 Å². The summed E-state index contributed by atoms with van der Waals surface area (Å²) in [6, 6.07) is 6.47. The largest absolute Gasteiger partial charge is 0.478 e. The summed E-state index contributed by atoms with van der Waals surface area (Å²) in [7, 11) is 0. The van der Waals surface area contributed by atoms with Gasteiger partial charge in [-0.15, -0.1) is 0 Å². The number of amides is 1. The monoisotopic (exact) mass is 383 g/mol. The second-order valence-corrected chi connectivity index (χ2v) is 8.25. The van der Waals surface area contributed by atoms with Gasteiger partial charge < -0.3 is 14.7 Å². The van der Waals surface area contributed by atoms with Crippen LogP contribution in [0.15, 0.2) is 47.6 Å². The Balaban J connectivity index is 1.81. The summed E-state index contributed by atoms with van der Waals surface area (Å²) in [5.74, 6) is -1.13. The van der Waals surface area contributed by atoms with Crippen LogP contribution in [0.3, 0.4) is 0 Å². The summed E-state index contributed by atoms with van der Waals surface area (Å²) in [5.41, 5.74) is 2.67. The molecule has 1 saturated heterocycles. The Labute approximate surface area is 166 Å². The van der Waals surface area contributed by atoms with Crippen molar-refractivity contribution in [2.24, 2.45) is 5.41 Å². The predicted octanol–water partition coefficient (Wildman–Crippen LogP) is 4.59. The van der Waals surface area contributed by atoms with Crippen LogP contribution in [0.1, 0.15) is 57.8 Å². The number of anilines is 1. The van der Waals surface area contributed by atoms with E-state index < -0.39 is 17.7 Å². The van der Waals surface area contributed by atoms with Crippen molar-refractivity contribution in [2.45, 2.75) is 59.2 Å². The lowest BCUT2D eigenvalue weighted by molar-refractivity contribution is -0.119. The highest BCUT2D eigenvalue weighted by atomic mass is 16.6. The van der Waals surface area contributed by atoms with Crippen LogP contribution in [0.25, 0.3) is 0 Å². The quantitative estimate of drug-likeness (QED) is 0.730. The first-order valence-electron chi connectivity index (χ1n) is 9.88. The van der Waals surface area contributed by atoms with Crippen molar-refractivity contribution in [2.75, 3.05) is 11.4 Å². The lowest BCUT2D eigenvalue weighted by atomic mass is 9.75. The molecule has 1 aliphatic heterocycles. The van der Waals surface area contributed by atoms with Gasteiger partial charge in [-0.05, 0) is 55.0 Å². The molecule has 1 N–H and O–H groups in total. The summed E-state index contributed by atoms with van der Waals surface area (Å²) in [6.07, 6.45) is 5.58. The number of carboxylic acids is 1. The summed E-state index contributed by atoms with van der Waals surface area (Å²) >= 11 is 0. The maximum Gasteiger partial charge on any atom is 0.335 e. The van der Waals surface area contributed by atoms with Crippen LogP contribution in [-0.2, 0) is 9.53 Å². The molecule has 0 radical (unpaired) electrons. The van der Waals surface area contributed by atoms with Gasteiger partial charge >= 0.3 is 5.97 Å². The van der Waals surface area contributed by atoms with E-state index in [1.54, 1.807) is 17.0 Å². The number of benzene rings is 1. The molecule has 0 saturated carbocycles. The second-order valence-electron chi connectivity index (χ2n) is 8.25. The third-order valence-corrected chi connectivity index (χ3v) is 6.24. The minimum atomic E-state index is -1.01. The molecular formula is C23H29NO4.